The Bertz CT molecular complexity index is 471. The lowest BCUT2D eigenvalue weighted by atomic mass is 9.88. The summed E-state index contributed by atoms with van der Waals surface area (Å²) in [6.45, 7) is 6.40. The fourth-order valence-electron chi connectivity index (χ4n) is 2.86. The Morgan fingerprint density at radius 3 is 2.89 bits per heavy atom. The largest absolute Gasteiger partial charge is 0.364 e. The van der Waals surface area contributed by atoms with E-state index in [0.29, 0.717) is 12.6 Å². The summed E-state index contributed by atoms with van der Waals surface area (Å²) in [6, 6.07) is 8.81. The van der Waals surface area contributed by atoms with Gasteiger partial charge in [0.25, 0.3) is 0 Å². The molecule has 2 aliphatic rings. The minimum absolute atomic E-state index is 0.154. The molecule has 0 spiro atoms. The number of ether oxygens (including phenoxy) is 1. The zero-order valence-electron chi connectivity index (χ0n) is 10.9. The second-order valence-electron chi connectivity index (χ2n) is 5.25. The van der Waals surface area contributed by atoms with Crippen LogP contribution < -0.4 is 0 Å². The van der Waals surface area contributed by atoms with Crippen LogP contribution in [-0.2, 0) is 9.57 Å². The van der Waals surface area contributed by atoms with Gasteiger partial charge in [0.15, 0.2) is 0 Å². The Kier molecular flexibility index (Phi) is 2.98. The number of hydrogen-bond donors (Lipinski definition) is 0. The summed E-state index contributed by atoms with van der Waals surface area (Å²) in [5.41, 5.74) is 3.71. The first-order chi connectivity index (χ1) is 8.66. The number of likely N-dealkylation sites (N-methyl/N-ethyl adjacent to an activating group) is 1. The Hall–Kier alpha value is -1.16. The molecule has 3 atom stereocenters. The van der Waals surface area contributed by atoms with Crippen molar-refractivity contribution in [3.8, 4) is 0 Å². The van der Waals surface area contributed by atoms with Crippen LogP contribution in [0, 0.1) is 0 Å². The van der Waals surface area contributed by atoms with Crippen molar-refractivity contribution < 1.29 is 9.57 Å². The van der Waals surface area contributed by atoms with Crippen molar-refractivity contribution in [2.75, 3.05) is 13.7 Å². The Morgan fingerprint density at radius 1 is 1.44 bits per heavy atom. The first-order valence-electron chi connectivity index (χ1n) is 6.41. The molecule has 1 aromatic carbocycles. The monoisotopic (exact) mass is 245 g/mol. The van der Waals surface area contributed by atoms with Crippen LogP contribution in [0.15, 0.2) is 36.4 Å². The molecule has 0 aliphatic carbocycles. The molecular formula is C15H19NO2. The van der Waals surface area contributed by atoms with E-state index in [-0.39, 0.29) is 12.2 Å². The zero-order chi connectivity index (χ0) is 12.7. The molecule has 18 heavy (non-hydrogen) atoms. The van der Waals surface area contributed by atoms with E-state index in [1.54, 1.807) is 0 Å². The van der Waals surface area contributed by atoms with Gasteiger partial charge in [0.05, 0.1) is 18.8 Å². The number of hydroxylamine groups is 2. The van der Waals surface area contributed by atoms with Gasteiger partial charge in [-0.25, -0.2) is 0 Å². The third-order valence-corrected chi connectivity index (χ3v) is 3.75. The van der Waals surface area contributed by atoms with Crippen LogP contribution in [0.5, 0.6) is 0 Å². The van der Waals surface area contributed by atoms with Crippen LogP contribution >= 0.6 is 0 Å². The number of nitrogens with zero attached hydrogens (tertiary/aromatic N) is 1. The third kappa shape index (κ3) is 1.88. The highest BCUT2D eigenvalue weighted by atomic mass is 16.7. The summed E-state index contributed by atoms with van der Waals surface area (Å²) < 4.78 is 6.04. The molecule has 0 saturated carbocycles. The lowest BCUT2D eigenvalue weighted by molar-refractivity contribution is -0.170. The van der Waals surface area contributed by atoms with Crippen LogP contribution in [0.3, 0.4) is 0 Å². The average Bonchev–Trinajstić information content (AvgIpc) is 2.95. The highest BCUT2D eigenvalue weighted by Gasteiger charge is 2.46. The zero-order valence-corrected chi connectivity index (χ0v) is 10.9. The van der Waals surface area contributed by atoms with Gasteiger partial charge in [-0.2, -0.15) is 5.06 Å². The van der Waals surface area contributed by atoms with Crippen LogP contribution in [0.4, 0.5) is 0 Å². The molecule has 3 unspecified atom stereocenters. The molecule has 1 fully saturated rings. The molecule has 96 valence electrons. The summed E-state index contributed by atoms with van der Waals surface area (Å²) in [5.74, 6) is 0. The minimum atomic E-state index is 0.154. The molecule has 2 heterocycles. The highest BCUT2D eigenvalue weighted by molar-refractivity contribution is 5.38. The van der Waals surface area contributed by atoms with Crippen molar-refractivity contribution in [3.63, 3.8) is 0 Å². The summed E-state index contributed by atoms with van der Waals surface area (Å²) in [6.07, 6.45) is 1.40. The molecule has 0 aromatic heterocycles. The van der Waals surface area contributed by atoms with E-state index in [1.165, 1.54) is 11.1 Å². The van der Waals surface area contributed by atoms with Gasteiger partial charge >= 0.3 is 0 Å². The Balaban J connectivity index is 1.74. The maximum absolute atomic E-state index is 6.04. The molecule has 1 saturated heterocycles. The van der Waals surface area contributed by atoms with E-state index in [1.807, 2.05) is 19.0 Å². The predicted molar refractivity (Wildman–Crippen MR) is 69.9 cm³/mol. The van der Waals surface area contributed by atoms with Gasteiger partial charge in [-0.15, -0.1) is 0 Å². The Morgan fingerprint density at radius 2 is 2.17 bits per heavy atom. The summed E-state index contributed by atoms with van der Waals surface area (Å²) in [7, 11) is 1.99. The minimum Gasteiger partial charge on any atom is -0.364 e. The lowest BCUT2D eigenvalue weighted by Gasteiger charge is -2.29. The standard InChI is InChI=1S/C15H19NO2/c1-10(2)9-17-16(3)13-8-14-11-6-4-5-7-12(11)15(13)18-14/h4-7,13-15H,1,8-9H2,2-3H3. The quantitative estimate of drug-likeness (QED) is 0.601. The van der Waals surface area contributed by atoms with Gasteiger partial charge in [-0.1, -0.05) is 36.4 Å². The first-order valence-corrected chi connectivity index (χ1v) is 6.41. The van der Waals surface area contributed by atoms with Gasteiger partial charge in [0.1, 0.15) is 6.10 Å². The van der Waals surface area contributed by atoms with E-state index < -0.39 is 0 Å². The Labute approximate surface area is 108 Å². The third-order valence-electron chi connectivity index (χ3n) is 3.75. The van der Waals surface area contributed by atoms with Crippen LogP contribution in [0.25, 0.3) is 0 Å². The second-order valence-corrected chi connectivity index (χ2v) is 5.25. The maximum atomic E-state index is 6.04. The van der Waals surface area contributed by atoms with Gasteiger partial charge in [0, 0.05) is 7.05 Å². The maximum Gasteiger partial charge on any atom is 0.102 e. The van der Waals surface area contributed by atoms with Crippen LogP contribution in [-0.4, -0.2) is 24.8 Å². The van der Waals surface area contributed by atoms with E-state index >= 15 is 0 Å². The van der Waals surface area contributed by atoms with E-state index in [4.69, 9.17) is 9.57 Å². The molecule has 1 aromatic rings. The molecule has 3 rings (SSSR count). The molecule has 2 bridgehead atoms. The van der Waals surface area contributed by atoms with Crippen molar-refractivity contribution in [2.45, 2.75) is 31.6 Å². The molecule has 3 nitrogen and oxygen atoms in total. The fraction of sp³-hybridized carbons (Fsp3) is 0.467. The van der Waals surface area contributed by atoms with Gasteiger partial charge in [-0.05, 0) is 24.5 Å². The van der Waals surface area contributed by atoms with Gasteiger partial charge in [0.2, 0.25) is 0 Å². The van der Waals surface area contributed by atoms with E-state index in [2.05, 4.69) is 30.8 Å². The topological polar surface area (TPSA) is 21.7 Å². The number of rotatable bonds is 4. The number of benzene rings is 1. The first kappa shape index (κ1) is 11.9. The van der Waals surface area contributed by atoms with Crippen molar-refractivity contribution in [2.24, 2.45) is 0 Å². The molecule has 0 N–H and O–H groups in total. The summed E-state index contributed by atoms with van der Waals surface area (Å²) in [4.78, 5) is 5.71. The van der Waals surface area contributed by atoms with Crippen molar-refractivity contribution in [3.05, 3.63) is 47.5 Å². The molecule has 0 radical (unpaired) electrons. The van der Waals surface area contributed by atoms with Crippen LogP contribution in [0.2, 0.25) is 0 Å². The molecular weight excluding hydrogens is 226 g/mol. The molecule has 2 aliphatic heterocycles. The fourth-order valence-corrected chi connectivity index (χ4v) is 2.86. The molecule has 0 amide bonds. The van der Waals surface area contributed by atoms with Crippen molar-refractivity contribution >= 4 is 0 Å². The SMILES string of the molecule is C=C(C)CON(C)C1CC2OC1c1ccccc12. The van der Waals surface area contributed by atoms with Crippen LogP contribution in [0.1, 0.15) is 36.7 Å². The lowest BCUT2D eigenvalue weighted by Crippen LogP contribution is -2.35. The second kappa shape index (κ2) is 4.50. The smallest absolute Gasteiger partial charge is 0.102 e. The predicted octanol–water partition coefficient (Wildman–Crippen LogP) is 3.01. The molecule has 3 heteroatoms. The summed E-state index contributed by atoms with van der Waals surface area (Å²) >= 11 is 0. The summed E-state index contributed by atoms with van der Waals surface area (Å²) in [5, 5.41) is 1.94. The van der Waals surface area contributed by atoms with E-state index in [0.717, 1.165) is 12.0 Å². The van der Waals surface area contributed by atoms with Crippen molar-refractivity contribution in [1.82, 2.24) is 5.06 Å². The normalized spacial score (nSPS) is 28.7. The number of hydrogen-bond acceptors (Lipinski definition) is 3. The highest BCUT2D eigenvalue weighted by Crippen LogP contribution is 2.51. The number of fused-ring (bicyclic) bond motifs is 5. The van der Waals surface area contributed by atoms with E-state index in [9.17, 15) is 0 Å². The van der Waals surface area contributed by atoms with Gasteiger partial charge in [-0.3, -0.25) is 4.84 Å². The average molecular weight is 245 g/mol. The van der Waals surface area contributed by atoms with Crippen molar-refractivity contribution in [1.29, 1.82) is 0 Å². The van der Waals surface area contributed by atoms with Gasteiger partial charge < -0.3 is 4.74 Å².